The number of amides is 1. The van der Waals surface area contributed by atoms with E-state index in [9.17, 15) is 13.2 Å². The van der Waals surface area contributed by atoms with Gasteiger partial charge in [0.25, 0.3) is 5.91 Å². The monoisotopic (exact) mass is 328 g/mol. The Morgan fingerprint density at radius 2 is 1.95 bits per heavy atom. The first kappa shape index (κ1) is 18.4. The minimum absolute atomic E-state index is 0.0200. The Bertz CT molecular complexity index is 612. The molecule has 1 aromatic carbocycles. The molecular weight excluding hydrogens is 304 g/mol. The molecule has 0 fully saturated rings. The Balaban J connectivity index is 3.16. The molecule has 22 heavy (non-hydrogen) atoms. The third-order valence-electron chi connectivity index (χ3n) is 2.80. The Morgan fingerprint density at radius 1 is 1.27 bits per heavy atom. The molecular formula is C15H24N2O4S. The summed E-state index contributed by atoms with van der Waals surface area (Å²) in [5, 5.41) is 2.77. The van der Waals surface area contributed by atoms with Crippen LogP contribution in [-0.4, -0.2) is 34.0 Å². The van der Waals surface area contributed by atoms with Gasteiger partial charge in [0, 0.05) is 18.7 Å². The molecule has 6 nitrogen and oxygen atoms in total. The molecule has 0 aliphatic carbocycles. The molecule has 0 saturated heterocycles. The highest BCUT2D eigenvalue weighted by Gasteiger charge is 2.21. The lowest BCUT2D eigenvalue weighted by Crippen LogP contribution is -2.28. The fourth-order valence-corrected chi connectivity index (χ4v) is 3.01. The van der Waals surface area contributed by atoms with Gasteiger partial charge in [0.2, 0.25) is 10.0 Å². The van der Waals surface area contributed by atoms with Crippen LogP contribution in [0.25, 0.3) is 0 Å². The van der Waals surface area contributed by atoms with Crippen LogP contribution in [-0.2, 0) is 10.0 Å². The zero-order valence-electron chi connectivity index (χ0n) is 13.5. The number of sulfonamides is 1. The minimum Gasteiger partial charge on any atom is -0.492 e. The fraction of sp³-hybridized carbons (Fsp3) is 0.533. The summed E-state index contributed by atoms with van der Waals surface area (Å²) in [4.78, 5) is 12.1. The standard InChI is InChI=1S/C15H24N2O4S/c1-5-17-22(19,20)14-9-12(7-8-13(14)21-6-2)15(18)16-10-11(3)4/h7-9,11,17H,5-6,10H2,1-4H3,(H,16,18). The molecule has 2 N–H and O–H groups in total. The third-order valence-corrected chi connectivity index (χ3v) is 4.37. The molecule has 0 aromatic heterocycles. The molecule has 1 rings (SSSR count). The van der Waals surface area contributed by atoms with Crippen molar-refractivity contribution in [2.45, 2.75) is 32.6 Å². The van der Waals surface area contributed by atoms with Crippen LogP contribution < -0.4 is 14.8 Å². The molecule has 0 aliphatic rings. The van der Waals surface area contributed by atoms with Crippen molar-refractivity contribution in [3.8, 4) is 5.75 Å². The summed E-state index contributed by atoms with van der Waals surface area (Å²) in [5.41, 5.74) is 0.292. The van der Waals surface area contributed by atoms with Gasteiger partial charge >= 0.3 is 0 Å². The van der Waals surface area contributed by atoms with Gasteiger partial charge in [-0.3, -0.25) is 4.79 Å². The number of benzene rings is 1. The SMILES string of the molecule is CCNS(=O)(=O)c1cc(C(=O)NCC(C)C)ccc1OCC. The predicted molar refractivity (Wildman–Crippen MR) is 85.6 cm³/mol. The van der Waals surface area contributed by atoms with Crippen LogP contribution in [0.5, 0.6) is 5.75 Å². The summed E-state index contributed by atoms with van der Waals surface area (Å²) in [5.74, 6) is 0.255. The van der Waals surface area contributed by atoms with Gasteiger partial charge in [-0.2, -0.15) is 0 Å². The summed E-state index contributed by atoms with van der Waals surface area (Å²) < 4.78 is 32.3. The molecule has 0 spiro atoms. The predicted octanol–water partition coefficient (Wildman–Crippen LogP) is 1.77. The molecule has 0 saturated carbocycles. The van der Waals surface area contributed by atoms with Crippen LogP contribution in [0.15, 0.2) is 23.1 Å². The van der Waals surface area contributed by atoms with Gasteiger partial charge in [-0.25, -0.2) is 13.1 Å². The van der Waals surface area contributed by atoms with Gasteiger partial charge in [0.05, 0.1) is 6.61 Å². The third kappa shape index (κ3) is 4.99. The molecule has 0 bridgehead atoms. The lowest BCUT2D eigenvalue weighted by Gasteiger charge is -2.13. The van der Waals surface area contributed by atoms with Crippen molar-refractivity contribution in [2.75, 3.05) is 19.7 Å². The quantitative estimate of drug-likeness (QED) is 0.762. The molecule has 0 radical (unpaired) electrons. The number of rotatable bonds is 8. The Labute approximate surface area is 132 Å². The van der Waals surface area contributed by atoms with Crippen molar-refractivity contribution < 1.29 is 17.9 Å². The zero-order chi connectivity index (χ0) is 16.8. The van der Waals surface area contributed by atoms with Crippen molar-refractivity contribution >= 4 is 15.9 Å². The number of hydrogen-bond acceptors (Lipinski definition) is 4. The first-order valence-electron chi connectivity index (χ1n) is 7.36. The van der Waals surface area contributed by atoms with E-state index in [1.807, 2.05) is 13.8 Å². The molecule has 7 heteroatoms. The summed E-state index contributed by atoms with van der Waals surface area (Å²) in [6, 6.07) is 4.42. The first-order chi connectivity index (χ1) is 10.3. The fourth-order valence-electron chi connectivity index (χ4n) is 1.80. The summed E-state index contributed by atoms with van der Waals surface area (Å²) in [6.07, 6.45) is 0. The zero-order valence-corrected chi connectivity index (χ0v) is 14.3. The highest BCUT2D eigenvalue weighted by Crippen LogP contribution is 2.25. The molecule has 1 amide bonds. The lowest BCUT2D eigenvalue weighted by molar-refractivity contribution is 0.0948. The summed E-state index contributed by atoms with van der Waals surface area (Å²) in [7, 11) is -3.71. The van der Waals surface area contributed by atoms with E-state index in [1.54, 1.807) is 19.9 Å². The average Bonchev–Trinajstić information content (AvgIpc) is 2.45. The highest BCUT2D eigenvalue weighted by molar-refractivity contribution is 7.89. The van der Waals surface area contributed by atoms with Gasteiger partial charge in [-0.15, -0.1) is 0 Å². The smallest absolute Gasteiger partial charge is 0.251 e. The molecule has 0 unspecified atom stereocenters. The van der Waals surface area contributed by atoms with Gasteiger partial charge in [-0.05, 0) is 31.0 Å². The number of carbonyl (C=O) groups excluding carboxylic acids is 1. The van der Waals surface area contributed by atoms with E-state index in [0.29, 0.717) is 24.6 Å². The van der Waals surface area contributed by atoms with Crippen LogP contribution in [0.3, 0.4) is 0 Å². The summed E-state index contributed by atoms with van der Waals surface area (Å²) >= 11 is 0. The average molecular weight is 328 g/mol. The largest absolute Gasteiger partial charge is 0.492 e. The van der Waals surface area contributed by atoms with Crippen LogP contribution >= 0.6 is 0 Å². The number of carbonyl (C=O) groups is 1. The maximum absolute atomic E-state index is 12.2. The van der Waals surface area contributed by atoms with Gasteiger partial charge < -0.3 is 10.1 Å². The number of nitrogens with one attached hydrogen (secondary N) is 2. The molecule has 1 aromatic rings. The van der Waals surface area contributed by atoms with E-state index in [0.717, 1.165) is 0 Å². The summed E-state index contributed by atoms with van der Waals surface area (Å²) in [6.45, 7) is 8.57. The second-order valence-corrected chi connectivity index (χ2v) is 6.94. The minimum atomic E-state index is -3.71. The van der Waals surface area contributed by atoms with Crippen LogP contribution in [0.4, 0.5) is 0 Å². The van der Waals surface area contributed by atoms with Crippen LogP contribution in [0.2, 0.25) is 0 Å². The number of hydrogen-bond donors (Lipinski definition) is 2. The Morgan fingerprint density at radius 3 is 2.50 bits per heavy atom. The Hall–Kier alpha value is -1.60. The molecule has 0 heterocycles. The van der Waals surface area contributed by atoms with Crippen molar-refractivity contribution in [1.82, 2.24) is 10.0 Å². The highest BCUT2D eigenvalue weighted by atomic mass is 32.2. The van der Waals surface area contributed by atoms with E-state index >= 15 is 0 Å². The number of ether oxygens (including phenoxy) is 1. The first-order valence-corrected chi connectivity index (χ1v) is 8.84. The Kier molecular flexibility index (Phi) is 6.83. The van der Waals surface area contributed by atoms with E-state index in [-0.39, 0.29) is 23.1 Å². The van der Waals surface area contributed by atoms with E-state index in [4.69, 9.17) is 4.74 Å². The van der Waals surface area contributed by atoms with Crippen molar-refractivity contribution in [3.63, 3.8) is 0 Å². The maximum atomic E-state index is 12.2. The van der Waals surface area contributed by atoms with Crippen molar-refractivity contribution in [3.05, 3.63) is 23.8 Å². The molecule has 124 valence electrons. The van der Waals surface area contributed by atoms with E-state index in [2.05, 4.69) is 10.0 Å². The van der Waals surface area contributed by atoms with Crippen LogP contribution in [0.1, 0.15) is 38.1 Å². The molecule has 0 aliphatic heterocycles. The second kappa shape index (κ2) is 8.14. The van der Waals surface area contributed by atoms with Gasteiger partial charge in [0.1, 0.15) is 10.6 Å². The lowest BCUT2D eigenvalue weighted by atomic mass is 10.2. The maximum Gasteiger partial charge on any atom is 0.251 e. The normalized spacial score (nSPS) is 11.5. The van der Waals surface area contributed by atoms with Crippen molar-refractivity contribution in [1.29, 1.82) is 0 Å². The van der Waals surface area contributed by atoms with E-state index < -0.39 is 10.0 Å². The topological polar surface area (TPSA) is 84.5 Å². The van der Waals surface area contributed by atoms with E-state index in [1.165, 1.54) is 12.1 Å². The second-order valence-electron chi connectivity index (χ2n) is 5.20. The van der Waals surface area contributed by atoms with Crippen LogP contribution in [0, 0.1) is 5.92 Å². The van der Waals surface area contributed by atoms with Crippen molar-refractivity contribution in [2.24, 2.45) is 5.92 Å². The molecule has 0 atom stereocenters. The van der Waals surface area contributed by atoms with Gasteiger partial charge in [0.15, 0.2) is 0 Å². The van der Waals surface area contributed by atoms with Gasteiger partial charge in [-0.1, -0.05) is 20.8 Å².